The molecule has 0 fully saturated rings. The van der Waals surface area contributed by atoms with Crippen LogP contribution in [0.4, 0.5) is 0 Å². The summed E-state index contributed by atoms with van der Waals surface area (Å²) in [6.45, 7) is 4.25. The lowest BCUT2D eigenvalue weighted by molar-refractivity contribution is 0.324. The molecular weight excluding hydrogens is 474 g/mol. The lowest BCUT2D eigenvalue weighted by Crippen LogP contribution is -2.12. The molecule has 0 amide bonds. The van der Waals surface area contributed by atoms with Gasteiger partial charge in [0.05, 0.1) is 39.8 Å². The molecule has 7 nitrogen and oxygen atoms in total. The topological polar surface area (TPSA) is 66.6 Å². The molecule has 4 aromatic rings. The number of ether oxygens (including phenoxy) is 4. The standard InChI is InChI=1S/C28H27N3O4S/c1-5-15-29-28-31(24(19-36-28)21-16-25(32-2)27(34-4)26(17-21)33-3)30-18-20-11-13-23(14-12-20)35-22-9-7-6-8-10-22/h5-14,16-19H,1,15H2,2-4H3/b29-28?,30-18+. The zero-order chi connectivity index (χ0) is 25.3. The van der Waals surface area contributed by atoms with Crippen LogP contribution in [0.5, 0.6) is 28.7 Å². The molecule has 1 aromatic heterocycles. The molecule has 0 spiro atoms. The van der Waals surface area contributed by atoms with E-state index in [0.717, 1.165) is 33.1 Å². The summed E-state index contributed by atoms with van der Waals surface area (Å²) in [5, 5.41) is 6.75. The van der Waals surface area contributed by atoms with Crippen molar-refractivity contribution in [1.82, 2.24) is 4.68 Å². The molecule has 36 heavy (non-hydrogen) atoms. The van der Waals surface area contributed by atoms with E-state index < -0.39 is 0 Å². The molecule has 184 valence electrons. The van der Waals surface area contributed by atoms with Crippen molar-refractivity contribution in [1.29, 1.82) is 0 Å². The number of thiazole rings is 1. The van der Waals surface area contributed by atoms with Crippen molar-refractivity contribution in [3.05, 3.63) is 95.1 Å². The maximum atomic E-state index is 5.88. The quantitative estimate of drug-likeness (QED) is 0.197. The fraction of sp³-hybridized carbons (Fsp3) is 0.143. The van der Waals surface area contributed by atoms with Crippen LogP contribution in [0.15, 0.2) is 94.9 Å². The van der Waals surface area contributed by atoms with Gasteiger partial charge in [0.25, 0.3) is 0 Å². The van der Waals surface area contributed by atoms with Gasteiger partial charge < -0.3 is 18.9 Å². The molecule has 0 saturated carbocycles. The summed E-state index contributed by atoms with van der Waals surface area (Å²) >= 11 is 1.49. The molecule has 0 unspecified atom stereocenters. The number of nitrogens with zero attached hydrogens (tertiary/aromatic N) is 3. The van der Waals surface area contributed by atoms with Crippen molar-refractivity contribution < 1.29 is 18.9 Å². The molecule has 4 rings (SSSR count). The van der Waals surface area contributed by atoms with E-state index in [1.807, 2.05) is 72.1 Å². The van der Waals surface area contributed by atoms with E-state index in [4.69, 9.17) is 24.0 Å². The third-order valence-corrected chi connectivity index (χ3v) is 6.04. The van der Waals surface area contributed by atoms with Crippen molar-refractivity contribution >= 4 is 17.6 Å². The van der Waals surface area contributed by atoms with Crippen molar-refractivity contribution in [2.24, 2.45) is 10.1 Å². The Morgan fingerprint density at radius 1 is 0.889 bits per heavy atom. The first-order valence-electron chi connectivity index (χ1n) is 11.2. The van der Waals surface area contributed by atoms with Crippen LogP contribution in [0.1, 0.15) is 5.56 Å². The van der Waals surface area contributed by atoms with Crippen LogP contribution >= 0.6 is 11.3 Å². The van der Waals surface area contributed by atoms with E-state index in [2.05, 4.69) is 11.6 Å². The van der Waals surface area contributed by atoms with E-state index in [1.54, 1.807) is 38.3 Å². The Morgan fingerprint density at radius 3 is 2.17 bits per heavy atom. The summed E-state index contributed by atoms with van der Waals surface area (Å²) in [6.07, 6.45) is 3.53. The van der Waals surface area contributed by atoms with Crippen LogP contribution in [-0.4, -0.2) is 38.8 Å². The Bertz CT molecular complexity index is 1380. The minimum atomic E-state index is 0.482. The van der Waals surface area contributed by atoms with Gasteiger partial charge in [-0.3, -0.25) is 4.99 Å². The van der Waals surface area contributed by atoms with Gasteiger partial charge in [0, 0.05) is 10.9 Å². The van der Waals surface area contributed by atoms with Crippen LogP contribution in [0.25, 0.3) is 11.3 Å². The number of aromatic nitrogens is 1. The van der Waals surface area contributed by atoms with Gasteiger partial charge in [0.1, 0.15) is 11.5 Å². The average molecular weight is 502 g/mol. The molecule has 8 heteroatoms. The molecular formula is C28H27N3O4S. The van der Waals surface area contributed by atoms with Gasteiger partial charge in [-0.25, -0.2) is 4.68 Å². The Labute approximate surface area is 214 Å². The third-order valence-electron chi connectivity index (χ3n) is 5.18. The predicted octanol–water partition coefficient (Wildman–Crippen LogP) is 6.00. The highest BCUT2D eigenvalue weighted by Crippen LogP contribution is 2.41. The second-order valence-electron chi connectivity index (χ2n) is 7.49. The number of methoxy groups -OCH3 is 3. The van der Waals surface area contributed by atoms with Crippen molar-refractivity contribution in [3.8, 4) is 40.0 Å². The zero-order valence-corrected chi connectivity index (χ0v) is 21.2. The molecule has 3 aromatic carbocycles. The normalized spacial score (nSPS) is 11.5. The fourth-order valence-electron chi connectivity index (χ4n) is 3.46. The van der Waals surface area contributed by atoms with Gasteiger partial charge in [0.15, 0.2) is 11.5 Å². The van der Waals surface area contributed by atoms with Gasteiger partial charge in [-0.05, 0) is 54.1 Å². The molecule has 0 atom stereocenters. The highest BCUT2D eigenvalue weighted by atomic mass is 32.1. The minimum Gasteiger partial charge on any atom is -0.493 e. The zero-order valence-electron chi connectivity index (χ0n) is 20.4. The molecule has 0 N–H and O–H groups in total. The molecule has 0 aliphatic rings. The van der Waals surface area contributed by atoms with Crippen LogP contribution < -0.4 is 23.7 Å². The first kappa shape index (κ1) is 24.8. The Morgan fingerprint density at radius 2 is 1.56 bits per heavy atom. The van der Waals surface area contributed by atoms with Gasteiger partial charge in [-0.2, -0.15) is 5.10 Å². The van der Waals surface area contributed by atoms with Crippen molar-refractivity contribution in [2.75, 3.05) is 27.9 Å². The first-order valence-corrected chi connectivity index (χ1v) is 12.0. The smallest absolute Gasteiger partial charge is 0.206 e. The second kappa shape index (κ2) is 11.9. The van der Waals surface area contributed by atoms with Crippen LogP contribution in [0.3, 0.4) is 0 Å². The maximum Gasteiger partial charge on any atom is 0.206 e. The Hall–Kier alpha value is -4.30. The highest BCUT2D eigenvalue weighted by molar-refractivity contribution is 7.07. The third kappa shape index (κ3) is 5.67. The lowest BCUT2D eigenvalue weighted by atomic mass is 10.1. The number of hydrogen-bond acceptors (Lipinski definition) is 7. The summed E-state index contributed by atoms with van der Waals surface area (Å²) in [7, 11) is 4.77. The largest absolute Gasteiger partial charge is 0.493 e. The summed E-state index contributed by atoms with van der Waals surface area (Å²) < 4.78 is 24.2. The minimum absolute atomic E-state index is 0.482. The van der Waals surface area contributed by atoms with Crippen LogP contribution in [0.2, 0.25) is 0 Å². The molecule has 0 radical (unpaired) electrons. The highest BCUT2D eigenvalue weighted by Gasteiger charge is 2.17. The number of hydrogen-bond donors (Lipinski definition) is 0. The summed E-state index contributed by atoms with van der Waals surface area (Å²) in [5.41, 5.74) is 2.60. The summed E-state index contributed by atoms with van der Waals surface area (Å²) in [5.74, 6) is 3.19. The number of para-hydroxylation sites is 1. The lowest BCUT2D eigenvalue weighted by Gasteiger charge is -2.14. The van der Waals surface area contributed by atoms with Crippen molar-refractivity contribution in [2.45, 2.75) is 0 Å². The number of benzene rings is 3. The van der Waals surface area contributed by atoms with Crippen LogP contribution in [-0.2, 0) is 0 Å². The Kier molecular flexibility index (Phi) is 8.20. The molecule has 0 saturated heterocycles. The van der Waals surface area contributed by atoms with E-state index in [0.29, 0.717) is 23.8 Å². The SMILES string of the molecule is C=CCN=c1scc(-c2cc(OC)c(OC)c(OC)c2)n1/N=C/c1ccc(Oc2ccccc2)cc1. The monoisotopic (exact) mass is 501 g/mol. The van der Waals surface area contributed by atoms with Gasteiger partial charge in [-0.1, -0.05) is 24.3 Å². The van der Waals surface area contributed by atoms with E-state index in [-0.39, 0.29) is 0 Å². The van der Waals surface area contributed by atoms with Gasteiger partial charge in [-0.15, -0.1) is 17.9 Å². The van der Waals surface area contributed by atoms with Gasteiger partial charge in [0.2, 0.25) is 10.6 Å². The van der Waals surface area contributed by atoms with Gasteiger partial charge >= 0.3 is 0 Å². The average Bonchev–Trinajstić information content (AvgIpc) is 3.33. The Balaban J connectivity index is 1.69. The fourth-order valence-corrected chi connectivity index (χ4v) is 4.31. The predicted molar refractivity (Wildman–Crippen MR) is 144 cm³/mol. The van der Waals surface area contributed by atoms with Crippen LogP contribution in [0, 0.1) is 0 Å². The van der Waals surface area contributed by atoms with E-state index in [1.165, 1.54) is 11.3 Å². The van der Waals surface area contributed by atoms with E-state index in [9.17, 15) is 0 Å². The maximum absolute atomic E-state index is 5.88. The number of rotatable bonds is 10. The molecule has 0 aliphatic heterocycles. The molecule has 0 aliphatic carbocycles. The van der Waals surface area contributed by atoms with E-state index >= 15 is 0 Å². The summed E-state index contributed by atoms with van der Waals surface area (Å²) in [6, 6.07) is 21.2. The molecule has 0 bridgehead atoms. The summed E-state index contributed by atoms with van der Waals surface area (Å²) in [4.78, 5) is 5.34. The second-order valence-corrected chi connectivity index (χ2v) is 8.32. The molecule has 1 heterocycles. The van der Waals surface area contributed by atoms with Crippen molar-refractivity contribution in [3.63, 3.8) is 0 Å². The first-order chi connectivity index (χ1) is 17.7.